The predicted octanol–water partition coefficient (Wildman–Crippen LogP) is -1.23. The Morgan fingerprint density at radius 3 is 1.90 bits per heavy atom. The number of carbonyl (C=O) groups is 2. The minimum Gasteiger partial charge on any atom is -0.549 e. The van der Waals surface area contributed by atoms with Gasteiger partial charge in [0.25, 0.3) is 0 Å². The number of hydrogen-bond donors (Lipinski definition) is 0. The fourth-order valence-corrected chi connectivity index (χ4v) is 2.11. The fourth-order valence-electron chi connectivity index (χ4n) is 2.11. The molecule has 0 atom stereocenters. The topological polar surface area (TPSA) is 60.4 Å². The normalized spacial score (nSPS) is 10.3. The second-order valence-electron chi connectivity index (χ2n) is 5.31. The van der Waals surface area contributed by atoms with Crippen LogP contribution in [0.25, 0.3) is 0 Å². The van der Waals surface area contributed by atoms with Crippen molar-refractivity contribution in [2.75, 3.05) is 20.1 Å². The van der Waals surface area contributed by atoms with E-state index < -0.39 is 5.97 Å². The molecule has 112 valence electrons. The van der Waals surface area contributed by atoms with E-state index >= 15 is 0 Å². The van der Waals surface area contributed by atoms with Crippen molar-refractivity contribution in [1.82, 2.24) is 4.90 Å². The summed E-state index contributed by atoms with van der Waals surface area (Å²) in [4.78, 5) is 23.4. The van der Waals surface area contributed by atoms with E-state index in [0.29, 0.717) is 6.42 Å². The molecule has 0 unspecified atom stereocenters. The molecule has 0 rings (SSSR count). The molecular weight excluding hydrogens is 265 g/mol. The van der Waals surface area contributed by atoms with Crippen LogP contribution in [-0.2, 0) is 9.59 Å². The van der Waals surface area contributed by atoms with Gasteiger partial charge in [-0.15, -0.1) is 0 Å². The molecule has 5 heteroatoms. The van der Waals surface area contributed by atoms with E-state index in [1.807, 2.05) is 0 Å². The number of carbonyl (C=O) groups excluding carboxylic acids is 2. The van der Waals surface area contributed by atoms with Crippen molar-refractivity contribution in [2.24, 2.45) is 0 Å². The summed E-state index contributed by atoms with van der Waals surface area (Å²) in [7, 11) is 1.63. The average molecular weight is 293 g/mol. The van der Waals surface area contributed by atoms with Crippen LogP contribution in [0.1, 0.15) is 64.7 Å². The molecule has 0 bridgehead atoms. The van der Waals surface area contributed by atoms with Crippen LogP contribution in [0, 0.1) is 0 Å². The first kappa shape index (κ1) is 22.4. The molecule has 0 heterocycles. The van der Waals surface area contributed by atoms with Gasteiger partial charge in [-0.05, 0) is 13.5 Å². The van der Waals surface area contributed by atoms with Crippen LogP contribution in [0.15, 0.2) is 0 Å². The first-order valence-electron chi connectivity index (χ1n) is 7.46. The van der Waals surface area contributed by atoms with E-state index in [-0.39, 0.29) is 48.4 Å². The Kier molecular flexibility index (Phi) is 17.3. The average Bonchev–Trinajstić information content (AvgIpc) is 2.31. The second-order valence-corrected chi connectivity index (χ2v) is 5.31. The van der Waals surface area contributed by atoms with E-state index in [9.17, 15) is 14.7 Å². The molecule has 0 spiro atoms. The number of aliphatic carboxylic acids is 1. The van der Waals surface area contributed by atoms with Gasteiger partial charge in [0.05, 0.1) is 12.5 Å². The van der Waals surface area contributed by atoms with Crippen LogP contribution in [0.2, 0.25) is 0 Å². The number of carboxylic acids is 1. The van der Waals surface area contributed by atoms with Gasteiger partial charge in [-0.25, -0.2) is 0 Å². The standard InChI is InChI=1S/C15H29NO3.Na/c1-3-4-5-6-7-8-9-10-11-14(17)12-16(2)13-15(18)19;/h3-13H2,1-2H3,(H,18,19);/q;+1/p-1. The number of likely N-dealkylation sites (N-methyl/N-ethyl adjacent to an activating group) is 1. The van der Waals surface area contributed by atoms with Crippen LogP contribution in [-0.4, -0.2) is 36.8 Å². The molecule has 20 heavy (non-hydrogen) atoms. The molecule has 0 fully saturated rings. The van der Waals surface area contributed by atoms with Gasteiger partial charge in [0.15, 0.2) is 0 Å². The van der Waals surface area contributed by atoms with Gasteiger partial charge < -0.3 is 9.90 Å². The van der Waals surface area contributed by atoms with Gasteiger partial charge in [-0.3, -0.25) is 9.69 Å². The fraction of sp³-hybridized carbons (Fsp3) is 0.867. The summed E-state index contributed by atoms with van der Waals surface area (Å²) in [6.07, 6.45) is 10.3. The molecule has 4 nitrogen and oxygen atoms in total. The Hall–Kier alpha value is 0.100. The first-order valence-corrected chi connectivity index (χ1v) is 7.46. The van der Waals surface area contributed by atoms with Crippen LogP contribution < -0.4 is 34.7 Å². The summed E-state index contributed by atoms with van der Waals surface area (Å²) in [5, 5.41) is 10.3. The van der Waals surface area contributed by atoms with Crippen molar-refractivity contribution >= 4 is 11.8 Å². The minimum atomic E-state index is -1.14. The summed E-state index contributed by atoms with van der Waals surface area (Å²) in [5.74, 6) is -1.02. The van der Waals surface area contributed by atoms with Crippen molar-refractivity contribution in [3.63, 3.8) is 0 Å². The first-order chi connectivity index (χ1) is 9.06. The van der Waals surface area contributed by atoms with E-state index in [2.05, 4.69) is 6.92 Å². The summed E-state index contributed by atoms with van der Waals surface area (Å²) in [6, 6.07) is 0. The Morgan fingerprint density at radius 1 is 0.900 bits per heavy atom. The van der Waals surface area contributed by atoms with Gasteiger partial charge >= 0.3 is 29.6 Å². The Morgan fingerprint density at radius 2 is 1.40 bits per heavy atom. The molecule has 0 saturated heterocycles. The second kappa shape index (κ2) is 15.5. The van der Waals surface area contributed by atoms with E-state index in [1.165, 1.54) is 43.4 Å². The molecule has 0 N–H and O–H groups in total. The number of Topliss-reactive ketones (excluding diaryl/α,β-unsaturated/α-hetero) is 1. The zero-order valence-electron chi connectivity index (χ0n) is 13.5. The molecule has 0 aliphatic rings. The predicted molar refractivity (Wildman–Crippen MR) is 74.7 cm³/mol. The molecule has 0 aliphatic carbocycles. The zero-order chi connectivity index (χ0) is 14.5. The van der Waals surface area contributed by atoms with Gasteiger partial charge in [0.2, 0.25) is 0 Å². The Balaban J connectivity index is 0. The summed E-state index contributed by atoms with van der Waals surface area (Å²) in [6.45, 7) is 2.25. The molecule has 0 aromatic carbocycles. The van der Waals surface area contributed by atoms with Crippen LogP contribution >= 0.6 is 0 Å². The molecule has 0 aromatic rings. The van der Waals surface area contributed by atoms with Crippen LogP contribution in [0.3, 0.4) is 0 Å². The van der Waals surface area contributed by atoms with Crippen molar-refractivity contribution < 1.29 is 44.3 Å². The smallest absolute Gasteiger partial charge is 0.549 e. The molecule has 0 aromatic heterocycles. The molecule has 0 saturated carbocycles. The number of rotatable bonds is 13. The third kappa shape index (κ3) is 16.2. The van der Waals surface area contributed by atoms with Gasteiger partial charge in [-0.2, -0.15) is 0 Å². The minimum absolute atomic E-state index is 0. The Labute approximate surface area is 145 Å². The maximum atomic E-state index is 11.6. The third-order valence-electron chi connectivity index (χ3n) is 3.15. The number of unbranched alkanes of at least 4 members (excludes halogenated alkanes) is 7. The third-order valence-corrected chi connectivity index (χ3v) is 3.15. The van der Waals surface area contributed by atoms with E-state index in [1.54, 1.807) is 7.05 Å². The maximum absolute atomic E-state index is 11.6. The van der Waals surface area contributed by atoms with E-state index in [4.69, 9.17) is 0 Å². The van der Waals surface area contributed by atoms with Gasteiger partial charge in [-0.1, -0.05) is 51.9 Å². The molecule has 0 radical (unpaired) electrons. The summed E-state index contributed by atoms with van der Waals surface area (Å²) < 4.78 is 0. The molecule has 0 aliphatic heterocycles. The van der Waals surface area contributed by atoms with Crippen molar-refractivity contribution in [2.45, 2.75) is 64.7 Å². The monoisotopic (exact) mass is 293 g/mol. The van der Waals surface area contributed by atoms with Crippen molar-refractivity contribution in [3.8, 4) is 0 Å². The number of carboxylic acid groups (broad SMARTS) is 1. The van der Waals surface area contributed by atoms with Crippen LogP contribution in [0.5, 0.6) is 0 Å². The van der Waals surface area contributed by atoms with Crippen molar-refractivity contribution in [1.29, 1.82) is 0 Å². The molecular formula is C15H28NNaO3. The van der Waals surface area contributed by atoms with Gasteiger partial charge in [0.1, 0.15) is 5.78 Å². The number of hydrogen-bond acceptors (Lipinski definition) is 4. The summed E-state index contributed by atoms with van der Waals surface area (Å²) >= 11 is 0. The zero-order valence-corrected chi connectivity index (χ0v) is 15.5. The quantitative estimate of drug-likeness (QED) is 0.315. The van der Waals surface area contributed by atoms with Crippen molar-refractivity contribution in [3.05, 3.63) is 0 Å². The number of ketones is 1. The summed E-state index contributed by atoms with van der Waals surface area (Å²) in [5.41, 5.74) is 0. The SMILES string of the molecule is CCCCCCCCCCC(=O)CN(C)CC(=O)[O-].[Na+]. The maximum Gasteiger partial charge on any atom is 1.00 e. The van der Waals surface area contributed by atoms with Crippen LogP contribution in [0.4, 0.5) is 0 Å². The largest absolute Gasteiger partial charge is 1.00 e. The Bertz CT molecular complexity index is 260. The van der Waals surface area contributed by atoms with Gasteiger partial charge in [0, 0.05) is 13.0 Å². The molecule has 0 amide bonds. The van der Waals surface area contributed by atoms with E-state index in [0.717, 1.165) is 12.8 Å². The number of nitrogens with zero attached hydrogens (tertiary/aromatic N) is 1.